The van der Waals surface area contributed by atoms with E-state index in [4.69, 9.17) is 13.8 Å². The first-order valence-electron chi connectivity index (χ1n) is 8.19. The second-order valence-electron chi connectivity index (χ2n) is 5.82. The van der Waals surface area contributed by atoms with Crippen LogP contribution in [0.1, 0.15) is 47.0 Å². The summed E-state index contributed by atoms with van der Waals surface area (Å²) in [5, 5.41) is 7.74. The first kappa shape index (κ1) is 15.5. The monoisotopic (exact) mass is 340 g/mol. The van der Waals surface area contributed by atoms with E-state index in [1.54, 1.807) is 18.5 Å². The van der Waals surface area contributed by atoms with Crippen LogP contribution in [0.5, 0.6) is 0 Å². The average Bonchev–Trinajstić information content (AvgIpc) is 3.22. The van der Waals surface area contributed by atoms with Crippen LogP contribution in [-0.2, 0) is 24.2 Å². The number of carbonyl (C=O) groups is 1. The van der Waals surface area contributed by atoms with Gasteiger partial charge in [0.15, 0.2) is 12.3 Å². The van der Waals surface area contributed by atoms with Crippen molar-refractivity contribution in [2.75, 3.05) is 0 Å². The summed E-state index contributed by atoms with van der Waals surface area (Å²) >= 11 is 0. The Morgan fingerprint density at radius 1 is 1.16 bits per heavy atom. The number of pyridine rings is 1. The largest absolute Gasteiger partial charge is 0.451 e. The molecule has 25 heavy (non-hydrogen) atoms. The van der Waals surface area contributed by atoms with Crippen molar-refractivity contribution in [3.8, 4) is 11.4 Å². The molecular formula is C17H16N4O4. The van der Waals surface area contributed by atoms with E-state index in [2.05, 4.69) is 20.3 Å². The smallest absolute Gasteiger partial charge is 0.361 e. The van der Waals surface area contributed by atoms with Gasteiger partial charge in [0.05, 0.1) is 0 Å². The number of hydrogen-bond donors (Lipinski definition) is 0. The molecule has 8 nitrogen and oxygen atoms in total. The van der Waals surface area contributed by atoms with Crippen LogP contribution in [-0.4, -0.2) is 26.3 Å². The normalized spacial score (nSPS) is 13.9. The Bertz CT molecular complexity index is 872. The molecular weight excluding hydrogens is 324 g/mol. The molecule has 0 aromatic carbocycles. The Morgan fingerprint density at radius 3 is 2.96 bits per heavy atom. The van der Waals surface area contributed by atoms with Gasteiger partial charge < -0.3 is 13.8 Å². The summed E-state index contributed by atoms with van der Waals surface area (Å²) in [5.74, 6) is 0.866. The highest BCUT2D eigenvalue weighted by Gasteiger charge is 2.24. The predicted octanol–water partition coefficient (Wildman–Crippen LogP) is 2.75. The van der Waals surface area contributed by atoms with Crippen LogP contribution in [0, 0.1) is 0 Å². The molecule has 3 aromatic heterocycles. The van der Waals surface area contributed by atoms with Gasteiger partial charge in [-0.3, -0.25) is 4.98 Å². The summed E-state index contributed by atoms with van der Waals surface area (Å²) in [4.78, 5) is 20.5. The zero-order chi connectivity index (χ0) is 17.1. The van der Waals surface area contributed by atoms with E-state index in [1.807, 2.05) is 6.07 Å². The number of ether oxygens (including phenoxy) is 1. The lowest BCUT2D eigenvalue weighted by Crippen LogP contribution is -2.09. The molecule has 8 heteroatoms. The van der Waals surface area contributed by atoms with Gasteiger partial charge in [-0.1, -0.05) is 16.7 Å². The SMILES string of the molecule is O=C(OCc1nc(-c2cccnc2)no1)c1noc2c1CCCCC2. The maximum absolute atomic E-state index is 12.3. The van der Waals surface area contributed by atoms with Gasteiger partial charge in [-0.2, -0.15) is 4.98 Å². The summed E-state index contributed by atoms with van der Waals surface area (Å²) < 4.78 is 15.7. The zero-order valence-electron chi connectivity index (χ0n) is 13.5. The Balaban J connectivity index is 1.43. The van der Waals surface area contributed by atoms with Crippen LogP contribution in [0.2, 0.25) is 0 Å². The number of fused-ring (bicyclic) bond motifs is 1. The number of esters is 1. The number of aryl methyl sites for hydroxylation is 1. The highest BCUT2D eigenvalue weighted by atomic mass is 16.6. The molecule has 3 heterocycles. The topological polar surface area (TPSA) is 104 Å². The van der Waals surface area contributed by atoms with E-state index in [0.29, 0.717) is 5.82 Å². The van der Waals surface area contributed by atoms with Crippen molar-refractivity contribution in [1.82, 2.24) is 20.3 Å². The molecule has 4 rings (SSSR count). The van der Waals surface area contributed by atoms with Gasteiger partial charge in [-0.05, 0) is 31.4 Å². The second-order valence-corrected chi connectivity index (χ2v) is 5.82. The van der Waals surface area contributed by atoms with Gasteiger partial charge in [-0.15, -0.1) is 0 Å². The molecule has 0 N–H and O–H groups in total. The van der Waals surface area contributed by atoms with Gasteiger partial charge in [0.25, 0.3) is 5.89 Å². The van der Waals surface area contributed by atoms with E-state index in [9.17, 15) is 4.79 Å². The van der Waals surface area contributed by atoms with Crippen molar-refractivity contribution in [2.45, 2.75) is 38.7 Å². The van der Waals surface area contributed by atoms with Gasteiger partial charge in [0.2, 0.25) is 5.82 Å². The molecule has 1 aliphatic rings. The summed E-state index contributed by atoms with van der Waals surface area (Å²) in [6.45, 7) is -0.117. The van der Waals surface area contributed by atoms with Crippen LogP contribution in [0.3, 0.4) is 0 Å². The Hall–Kier alpha value is -3.03. The van der Waals surface area contributed by atoms with Gasteiger partial charge in [-0.25, -0.2) is 4.79 Å². The van der Waals surface area contributed by atoms with Crippen LogP contribution >= 0.6 is 0 Å². The minimum absolute atomic E-state index is 0.117. The molecule has 0 fully saturated rings. The molecule has 0 atom stereocenters. The van der Waals surface area contributed by atoms with Crippen molar-refractivity contribution >= 4 is 5.97 Å². The number of aromatic nitrogens is 4. The quantitative estimate of drug-likeness (QED) is 0.527. The third-order valence-corrected chi connectivity index (χ3v) is 4.11. The number of hydrogen-bond acceptors (Lipinski definition) is 8. The molecule has 1 aliphatic carbocycles. The first-order valence-corrected chi connectivity index (χ1v) is 8.19. The van der Waals surface area contributed by atoms with Crippen molar-refractivity contribution in [2.24, 2.45) is 0 Å². The van der Waals surface area contributed by atoms with Crippen molar-refractivity contribution in [3.05, 3.63) is 47.4 Å². The third-order valence-electron chi connectivity index (χ3n) is 4.11. The van der Waals surface area contributed by atoms with Gasteiger partial charge in [0.1, 0.15) is 5.76 Å². The van der Waals surface area contributed by atoms with E-state index < -0.39 is 5.97 Å². The average molecular weight is 340 g/mol. The molecule has 0 bridgehead atoms. The molecule has 0 unspecified atom stereocenters. The Labute approximate surface area is 143 Å². The molecule has 3 aromatic rings. The van der Waals surface area contributed by atoms with E-state index in [1.165, 1.54) is 0 Å². The standard InChI is InChI=1S/C17H16N4O4/c22-17(15-12-6-2-1-3-7-13(12)24-20-15)23-10-14-19-16(21-25-14)11-5-4-8-18-9-11/h4-5,8-9H,1-3,6-7,10H2. The van der Waals surface area contributed by atoms with Gasteiger partial charge >= 0.3 is 5.97 Å². The number of carbonyl (C=O) groups excluding carboxylic acids is 1. The Morgan fingerprint density at radius 2 is 2.08 bits per heavy atom. The molecule has 0 amide bonds. The minimum Gasteiger partial charge on any atom is -0.451 e. The van der Waals surface area contributed by atoms with Crippen molar-refractivity contribution in [1.29, 1.82) is 0 Å². The van der Waals surface area contributed by atoms with Crippen LogP contribution in [0.4, 0.5) is 0 Å². The van der Waals surface area contributed by atoms with Crippen LogP contribution < -0.4 is 0 Å². The molecule has 0 saturated heterocycles. The molecule has 0 aliphatic heterocycles. The summed E-state index contributed by atoms with van der Waals surface area (Å²) in [7, 11) is 0. The fourth-order valence-corrected chi connectivity index (χ4v) is 2.84. The van der Waals surface area contributed by atoms with E-state index >= 15 is 0 Å². The zero-order valence-corrected chi connectivity index (χ0v) is 13.5. The first-order chi connectivity index (χ1) is 12.3. The second kappa shape index (κ2) is 6.84. The number of rotatable bonds is 4. The molecule has 0 saturated carbocycles. The van der Waals surface area contributed by atoms with Crippen molar-refractivity contribution in [3.63, 3.8) is 0 Å². The minimum atomic E-state index is -0.534. The van der Waals surface area contributed by atoms with Crippen LogP contribution in [0.15, 0.2) is 33.6 Å². The third kappa shape index (κ3) is 3.28. The lowest BCUT2D eigenvalue weighted by Gasteiger charge is -2.01. The van der Waals surface area contributed by atoms with Gasteiger partial charge in [0, 0.05) is 29.9 Å². The highest BCUT2D eigenvalue weighted by Crippen LogP contribution is 2.24. The summed E-state index contributed by atoms with van der Waals surface area (Å²) in [6.07, 6.45) is 8.08. The fourth-order valence-electron chi connectivity index (χ4n) is 2.84. The van der Waals surface area contributed by atoms with E-state index in [0.717, 1.165) is 49.0 Å². The van der Waals surface area contributed by atoms with Crippen LogP contribution in [0.25, 0.3) is 11.4 Å². The highest BCUT2D eigenvalue weighted by molar-refractivity contribution is 5.89. The lowest BCUT2D eigenvalue weighted by atomic mass is 10.1. The Kier molecular flexibility index (Phi) is 4.24. The lowest BCUT2D eigenvalue weighted by molar-refractivity contribution is 0.0417. The molecule has 0 spiro atoms. The summed E-state index contributed by atoms with van der Waals surface area (Å²) in [5.41, 5.74) is 1.85. The maximum Gasteiger partial charge on any atom is 0.361 e. The molecule has 0 radical (unpaired) electrons. The molecule has 128 valence electrons. The predicted molar refractivity (Wildman–Crippen MR) is 84.4 cm³/mol. The number of nitrogens with zero attached hydrogens (tertiary/aromatic N) is 4. The van der Waals surface area contributed by atoms with Crippen molar-refractivity contribution < 1.29 is 18.6 Å². The fraction of sp³-hybridized carbons (Fsp3) is 0.353. The summed E-state index contributed by atoms with van der Waals surface area (Å²) in [6, 6.07) is 3.60. The van der Waals surface area contributed by atoms with E-state index in [-0.39, 0.29) is 18.2 Å². The maximum atomic E-state index is 12.3.